The number of aliphatic hydroxyl groups excluding tert-OH is 1. The van der Waals surface area contributed by atoms with Gasteiger partial charge in [-0.15, -0.1) is 0 Å². The molecule has 0 aliphatic heterocycles. The summed E-state index contributed by atoms with van der Waals surface area (Å²) < 4.78 is 0.928. The predicted octanol–water partition coefficient (Wildman–Crippen LogP) is 4.89. The van der Waals surface area contributed by atoms with E-state index in [2.05, 4.69) is 55.6 Å². The minimum absolute atomic E-state index is 0.231. The Kier molecular flexibility index (Phi) is 6.52. The second-order valence-electron chi connectivity index (χ2n) is 6.49. The van der Waals surface area contributed by atoms with Crippen LogP contribution in [0.3, 0.4) is 0 Å². The average Bonchev–Trinajstić information content (AvgIpc) is 2.33. The largest absolute Gasteiger partial charge is 0.388 e. The number of aliphatic hydroxyl groups is 1. The molecule has 1 N–H and O–H groups in total. The number of halogens is 2. The smallest absolute Gasteiger partial charge is 0.0816 e. The number of hydrogen-bond donors (Lipinski definition) is 1. The van der Waals surface area contributed by atoms with Gasteiger partial charge in [-0.1, -0.05) is 54.4 Å². The SMILES string of the molecule is CC(N(C)CCC(O)c1ccc(Br)cc1Cl)C(C)(C)C. The molecule has 1 aromatic rings. The lowest BCUT2D eigenvalue weighted by Crippen LogP contribution is -2.40. The summed E-state index contributed by atoms with van der Waals surface area (Å²) >= 11 is 9.55. The van der Waals surface area contributed by atoms with Crippen molar-refractivity contribution < 1.29 is 5.11 Å². The Bertz CT molecular complexity index is 445. The van der Waals surface area contributed by atoms with Gasteiger partial charge in [0.05, 0.1) is 6.10 Å². The van der Waals surface area contributed by atoms with E-state index in [-0.39, 0.29) is 5.41 Å². The quantitative estimate of drug-likeness (QED) is 0.806. The second-order valence-corrected chi connectivity index (χ2v) is 7.82. The minimum Gasteiger partial charge on any atom is -0.388 e. The van der Waals surface area contributed by atoms with Gasteiger partial charge in [-0.25, -0.2) is 0 Å². The van der Waals surface area contributed by atoms with Gasteiger partial charge in [0.25, 0.3) is 0 Å². The highest BCUT2D eigenvalue weighted by Crippen LogP contribution is 2.29. The molecule has 4 heteroatoms. The summed E-state index contributed by atoms with van der Waals surface area (Å²) in [5, 5.41) is 10.9. The molecule has 2 unspecified atom stereocenters. The molecule has 114 valence electrons. The van der Waals surface area contributed by atoms with Gasteiger partial charge in [0.15, 0.2) is 0 Å². The van der Waals surface area contributed by atoms with Crippen molar-refractivity contribution in [3.8, 4) is 0 Å². The van der Waals surface area contributed by atoms with Crippen molar-refractivity contribution in [3.05, 3.63) is 33.3 Å². The van der Waals surface area contributed by atoms with Crippen molar-refractivity contribution in [2.45, 2.75) is 46.3 Å². The van der Waals surface area contributed by atoms with Crippen molar-refractivity contribution in [3.63, 3.8) is 0 Å². The minimum atomic E-state index is -0.523. The van der Waals surface area contributed by atoms with E-state index in [0.717, 1.165) is 16.6 Å². The second kappa shape index (κ2) is 7.26. The average molecular weight is 363 g/mol. The highest BCUT2D eigenvalue weighted by molar-refractivity contribution is 9.10. The fraction of sp³-hybridized carbons (Fsp3) is 0.625. The molecule has 0 spiro atoms. The third-order valence-corrected chi connectivity index (χ3v) is 4.81. The molecule has 2 nitrogen and oxygen atoms in total. The summed E-state index contributed by atoms with van der Waals surface area (Å²) in [5.74, 6) is 0. The van der Waals surface area contributed by atoms with E-state index in [1.165, 1.54) is 0 Å². The predicted molar refractivity (Wildman–Crippen MR) is 90.3 cm³/mol. The molecule has 0 saturated carbocycles. The summed E-state index contributed by atoms with van der Waals surface area (Å²) in [6.45, 7) is 9.76. The molecule has 0 fully saturated rings. The summed E-state index contributed by atoms with van der Waals surface area (Å²) in [4.78, 5) is 2.29. The Morgan fingerprint density at radius 2 is 1.95 bits per heavy atom. The van der Waals surface area contributed by atoms with Gasteiger partial charge in [0.1, 0.15) is 0 Å². The Balaban J connectivity index is 2.61. The summed E-state index contributed by atoms with van der Waals surface area (Å²) in [6.07, 6.45) is 0.156. The first-order valence-electron chi connectivity index (χ1n) is 6.96. The lowest BCUT2D eigenvalue weighted by atomic mass is 9.87. The Morgan fingerprint density at radius 3 is 2.45 bits per heavy atom. The van der Waals surface area contributed by atoms with Crippen molar-refractivity contribution in [1.82, 2.24) is 4.90 Å². The van der Waals surface area contributed by atoms with Crippen LogP contribution in [0.15, 0.2) is 22.7 Å². The van der Waals surface area contributed by atoms with Crippen LogP contribution in [-0.4, -0.2) is 29.6 Å². The topological polar surface area (TPSA) is 23.5 Å². The van der Waals surface area contributed by atoms with Crippen LogP contribution in [0.2, 0.25) is 5.02 Å². The Hall–Kier alpha value is -0.0900. The van der Waals surface area contributed by atoms with E-state index < -0.39 is 6.10 Å². The van der Waals surface area contributed by atoms with Crippen molar-refractivity contribution >= 4 is 27.5 Å². The maximum absolute atomic E-state index is 10.3. The fourth-order valence-corrected chi connectivity index (χ4v) is 2.91. The monoisotopic (exact) mass is 361 g/mol. The van der Waals surface area contributed by atoms with Crippen LogP contribution >= 0.6 is 27.5 Å². The van der Waals surface area contributed by atoms with Crippen LogP contribution in [0.4, 0.5) is 0 Å². The molecule has 0 amide bonds. The van der Waals surface area contributed by atoms with Crippen LogP contribution in [0.5, 0.6) is 0 Å². The third-order valence-electron chi connectivity index (χ3n) is 3.99. The molecule has 0 bridgehead atoms. The zero-order chi connectivity index (χ0) is 15.5. The molecule has 1 aromatic carbocycles. The number of hydrogen-bond acceptors (Lipinski definition) is 2. The fourth-order valence-electron chi connectivity index (χ4n) is 2.11. The zero-order valence-electron chi connectivity index (χ0n) is 13.0. The highest BCUT2D eigenvalue weighted by Gasteiger charge is 2.24. The maximum atomic E-state index is 10.3. The van der Waals surface area contributed by atoms with Gasteiger partial charge in [0, 0.05) is 22.1 Å². The molecule has 0 aliphatic rings. The Labute approximate surface area is 136 Å². The molecular weight excluding hydrogens is 338 g/mol. The van der Waals surface area contributed by atoms with Gasteiger partial charge in [-0.05, 0) is 43.5 Å². The van der Waals surface area contributed by atoms with E-state index in [1.54, 1.807) is 0 Å². The zero-order valence-corrected chi connectivity index (χ0v) is 15.3. The lowest BCUT2D eigenvalue weighted by Gasteiger charge is -2.35. The van der Waals surface area contributed by atoms with Crippen molar-refractivity contribution in [2.75, 3.05) is 13.6 Å². The first-order valence-corrected chi connectivity index (χ1v) is 8.13. The van der Waals surface area contributed by atoms with Crippen LogP contribution < -0.4 is 0 Å². The molecule has 0 heterocycles. The maximum Gasteiger partial charge on any atom is 0.0816 e. The van der Waals surface area contributed by atoms with Gasteiger partial charge in [0.2, 0.25) is 0 Å². The number of nitrogens with zero attached hydrogens (tertiary/aromatic N) is 1. The number of rotatable bonds is 5. The lowest BCUT2D eigenvalue weighted by molar-refractivity contribution is 0.104. The van der Waals surface area contributed by atoms with Crippen molar-refractivity contribution in [1.29, 1.82) is 0 Å². The van der Waals surface area contributed by atoms with E-state index >= 15 is 0 Å². The highest BCUT2D eigenvalue weighted by atomic mass is 79.9. The Morgan fingerprint density at radius 1 is 1.35 bits per heavy atom. The molecule has 20 heavy (non-hydrogen) atoms. The molecule has 1 rings (SSSR count). The molecule has 0 aliphatic carbocycles. The third kappa shape index (κ3) is 5.03. The summed E-state index contributed by atoms with van der Waals surface area (Å²) in [5.41, 5.74) is 1.03. The van der Waals surface area contributed by atoms with Gasteiger partial charge in [-0.2, -0.15) is 0 Å². The standard InChI is InChI=1S/C16H25BrClNO/c1-11(16(2,3)4)19(5)9-8-15(20)13-7-6-12(17)10-14(13)18/h6-7,10-11,15,20H,8-9H2,1-5H3. The summed E-state index contributed by atoms with van der Waals surface area (Å²) in [6, 6.07) is 6.06. The summed E-state index contributed by atoms with van der Waals surface area (Å²) in [7, 11) is 2.10. The molecule has 0 aromatic heterocycles. The van der Waals surface area contributed by atoms with Crippen LogP contribution in [0.1, 0.15) is 45.8 Å². The number of benzene rings is 1. The molecule has 0 radical (unpaired) electrons. The van der Waals surface area contributed by atoms with E-state index in [0.29, 0.717) is 17.5 Å². The van der Waals surface area contributed by atoms with Gasteiger partial charge < -0.3 is 10.0 Å². The van der Waals surface area contributed by atoms with E-state index in [1.807, 2.05) is 18.2 Å². The van der Waals surface area contributed by atoms with Crippen LogP contribution in [0.25, 0.3) is 0 Å². The molecule has 0 saturated heterocycles. The van der Waals surface area contributed by atoms with Crippen LogP contribution in [-0.2, 0) is 0 Å². The first kappa shape index (κ1) is 18.0. The van der Waals surface area contributed by atoms with E-state index in [4.69, 9.17) is 11.6 Å². The van der Waals surface area contributed by atoms with Crippen LogP contribution in [0, 0.1) is 5.41 Å². The molecule has 2 atom stereocenters. The molecular formula is C16H25BrClNO. The van der Waals surface area contributed by atoms with Gasteiger partial charge >= 0.3 is 0 Å². The van der Waals surface area contributed by atoms with E-state index in [9.17, 15) is 5.11 Å². The normalized spacial score (nSPS) is 15.4. The van der Waals surface area contributed by atoms with Crippen molar-refractivity contribution in [2.24, 2.45) is 5.41 Å². The van der Waals surface area contributed by atoms with Gasteiger partial charge in [-0.3, -0.25) is 0 Å². The first-order chi connectivity index (χ1) is 9.12.